The lowest BCUT2D eigenvalue weighted by molar-refractivity contribution is 0.467. The minimum atomic E-state index is -0.251. The molecule has 0 aliphatic carbocycles. The fraction of sp³-hybridized carbons (Fsp3) is 0.385. The molecule has 3 N–H and O–H groups in total. The molecule has 7 heteroatoms. The number of halogens is 2. The van der Waals surface area contributed by atoms with Crippen LogP contribution < -0.4 is 11.3 Å². The lowest BCUT2D eigenvalue weighted by Gasteiger charge is -2.18. The van der Waals surface area contributed by atoms with Gasteiger partial charge in [-0.3, -0.25) is 11.3 Å². The van der Waals surface area contributed by atoms with E-state index in [4.69, 9.17) is 5.84 Å². The lowest BCUT2D eigenvalue weighted by Crippen LogP contribution is -2.31. The van der Waals surface area contributed by atoms with Crippen LogP contribution in [0.3, 0.4) is 0 Å². The molecule has 0 radical (unpaired) electrons. The van der Waals surface area contributed by atoms with Gasteiger partial charge in [0.2, 0.25) is 0 Å². The topological polar surface area (TPSA) is 68.8 Å². The van der Waals surface area contributed by atoms with Crippen molar-refractivity contribution >= 4 is 22.6 Å². The van der Waals surface area contributed by atoms with Crippen molar-refractivity contribution < 1.29 is 4.39 Å². The molecule has 0 aliphatic rings. The molecule has 0 saturated heterocycles. The molecule has 2 aromatic rings. The van der Waals surface area contributed by atoms with E-state index < -0.39 is 0 Å². The van der Waals surface area contributed by atoms with Gasteiger partial charge in [-0.2, -0.15) is 5.10 Å². The minimum Gasteiger partial charge on any atom is -0.271 e. The molecule has 0 saturated carbocycles. The first-order chi connectivity index (χ1) is 9.52. The monoisotopic (exact) mass is 389 g/mol. The summed E-state index contributed by atoms with van der Waals surface area (Å²) in [6.45, 7) is 4.09. The third-order valence-corrected chi connectivity index (χ3v) is 4.00. The third kappa shape index (κ3) is 3.33. The molecule has 0 bridgehead atoms. The number of nitrogens with zero attached hydrogens (tertiary/aromatic N) is 3. The van der Waals surface area contributed by atoms with Crippen LogP contribution in [0, 0.1) is 9.39 Å². The molecular weight excluding hydrogens is 372 g/mol. The van der Waals surface area contributed by atoms with Gasteiger partial charge in [0.1, 0.15) is 18.0 Å². The molecule has 20 heavy (non-hydrogen) atoms. The maximum atomic E-state index is 13.2. The van der Waals surface area contributed by atoms with E-state index in [2.05, 4.69) is 38.1 Å². The van der Waals surface area contributed by atoms with E-state index in [-0.39, 0.29) is 17.9 Å². The molecule has 1 aromatic carbocycles. The van der Waals surface area contributed by atoms with Crippen molar-refractivity contribution in [2.75, 3.05) is 0 Å². The summed E-state index contributed by atoms with van der Waals surface area (Å²) in [6, 6.07) is 4.78. The first-order valence-electron chi connectivity index (χ1n) is 6.32. The van der Waals surface area contributed by atoms with Gasteiger partial charge in [-0.25, -0.2) is 14.1 Å². The van der Waals surface area contributed by atoms with Crippen molar-refractivity contribution in [2.24, 2.45) is 5.84 Å². The van der Waals surface area contributed by atoms with E-state index in [9.17, 15) is 4.39 Å². The number of hydrogen-bond acceptors (Lipinski definition) is 4. The fourth-order valence-electron chi connectivity index (χ4n) is 2.08. The van der Waals surface area contributed by atoms with Crippen molar-refractivity contribution in [3.05, 3.63) is 45.3 Å². The molecule has 0 fully saturated rings. The summed E-state index contributed by atoms with van der Waals surface area (Å²) < 4.78 is 15.9. The summed E-state index contributed by atoms with van der Waals surface area (Å²) in [5.74, 6) is 6.25. The van der Waals surface area contributed by atoms with Gasteiger partial charge in [0.25, 0.3) is 0 Å². The van der Waals surface area contributed by atoms with Crippen LogP contribution in [0.1, 0.15) is 37.3 Å². The van der Waals surface area contributed by atoms with Crippen LogP contribution >= 0.6 is 22.6 Å². The summed E-state index contributed by atoms with van der Waals surface area (Å²) in [7, 11) is 0. The molecule has 1 unspecified atom stereocenters. The smallest absolute Gasteiger partial charge is 0.138 e. The predicted octanol–water partition coefficient (Wildman–Crippen LogP) is 2.35. The molecule has 5 nitrogen and oxygen atoms in total. The predicted molar refractivity (Wildman–Crippen MR) is 83.3 cm³/mol. The Morgan fingerprint density at radius 3 is 2.80 bits per heavy atom. The van der Waals surface area contributed by atoms with Crippen LogP contribution in [0.4, 0.5) is 4.39 Å². The van der Waals surface area contributed by atoms with Gasteiger partial charge >= 0.3 is 0 Å². The standard InChI is InChI=1S/C13H17FIN5/c1-8(2)20-13(17-7-18-20)6-12(19-16)10-4-3-9(14)5-11(10)15/h3-5,7-8,12,19H,6,16H2,1-2H3. The second-order valence-electron chi connectivity index (χ2n) is 4.80. The van der Waals surface area contributed by atoms with E-state index in [1.165, 1.54) is 12.1 Å². The molecule has 1 aromatic heterocycles. The summed E-state index contributed by atoms with van der Waals surface area (Å²) in [5, 5.41) is 4.21. The maximum Gasteiger partial charge on any atom is 0.138 e. The van der Waals surface area contributed by atoms with Crippen molar-refractivity contribution in [1.82, 2.24) is 20.2 Å². The second kappa shape index (κ2) is 6.59. The second-order valence-corrected chi connectivity index (χ2v) is 5.97. The molecule has 0 amide bonds. The van der Waals surface area contributed by atoms with Gasteiger partial charge in [0.05, 0.1) is 6.04 Å². The molecule has 1 atom stereocenters. The summed E-state index contributed by atoms with van der Waals surface area (Å²) in [4.78, 5) is 4.28. The Morgan fingerprint density at radius 1 is 1.45 bits per heavy atom. The molecular formula is C13H17FIN5. The number of nitrogens with two attached hydrogens (primary N) is 1. The highest BCUT2D eigenvalue weighted by atomic mass is 127. The molecule has 2 rings (SSSR count). The van der Waals surface area contributed by atoms with Crippen molar-refractivity contribution in [3.8, 4) is 0 Å². The van der Waals surface area contributed by atoms with Crippen LogP contribution in [-0.2, 0) is 6.42 Å². The summed E-state index contributed by atoms with van der Waals surface area (Å²) in [5.41, 5.74) is 3.73. The summed E-state index contributed by atoms with van der Waals surface area (Å²) >= 11 is 2.11. The number of hydrazine groups is 1. The highest BCUT2D eigenvalue weighted by Crippen LogP contribution is 2.23. The van der Waals surface area contributed by atoms with Gasteiger partial charge < -0.3 is 0 Å². The van der Waals surface area contributed by atoms with E-state index in [1.54, 1.807) is 12.4 Å². The Morgan fingerprint density at radius 2 is 2.20 bits per heavy atom. The van der Waals surface area contributed by atoms with E-state index in [0.29, 0.717) is 6.42 Å². The average molecular weight is 389 g/mol. The average Bonchev–Trinajstić information content (AvgIpc) is 2.85. The molecule has 108 valence electrons. The lowest BCUT2D eigenvalue weighted by atomic mass is 10.0. The largest absolute Gasteiger partial charge is 0.271 e. The first kappa shape index (κ1) is 15.3. The third-order valence-electron chi connectivity index (χ3n) is 3.06. The van der Waals surface area contributed by atoms with Crippen LogP contribution in [0.5, 0.6) is 0 Å². The zero-order valence-electron chi connectivity index (χ0n) is 11.3. The Hall–Kier alpha value is -1.06. The van der Waals surface area contributed by atoms with Gasteiger partial charge in [-0.15, -0.1) is 0 Å². The number of benzene rings is 1. The van der Waals surface area contributed by atoms with Crippen LogP contribution in [0.2, 0.25) is 0 Å². The van der Waals surface area contributed by atoms with Gasteiger partial charge in [0.15, 0.2) is 0 Å². The number of hydrogen-bond donors (Lipinski definition) is 2. The first-order valence-corrected chi connectivity index (χ1v) is 7.40. The zero-order chi connectivity index (χ0) is 14.7. The molecule has 1 heterocycles. The summed E-state index contributed by atoms with van der Waals surface area (Å²) in [6.07, 6.45) is 2.13. The highest BCUT2D eigenvalue weighted by molar-refractivity contribution is 14.1. The quantitative estimate of drug-likeness (QED) is 0.468. The SMILES string of the molecule is CC(C)n1ncnc1CC(NN)c1ccc(F)cc1I. The highest BCUT2D eigenvalue weighted by Gasteiger charge is 2.18. The van der Waals surface area contributed by atoms with Crippen LogP contribution in [-0.4, -0.2) is 14.8 Å². The minimum absolute atomic E-state index is 0.135. The van der Waals surface area contributed by atoms with Crippen LogP contribution in [0.25, 0.3) is 0 Å². The van der Waals surface area contributed by atoms with Gasteiger partial charge in [-0.1, -0.05) is 6.07 Å². The Labute approximate surface area is 130 Å². The van der Waals surface area contributed by atoms with Crippen LogP contribution in [0.15, 0.2) is 24.5 Å². The maximum absolute atomic E-state index is 13.2. The van der Waals surface area contributed by atoms with E-state index >= 15 is 0 Å². The normalized spacial score (nSPS) is 12.9. The molecule has 0 spiro atoms. The Balaban J connectivity index is 2.27. The van der Waals surface area contributed by atoms with Gasteiger partial charge in [-0.05, 0) is 54.1 Å². The van der Waals surface area contributed by atoms with Crippen molar-refractivity contribution in [1.29, 1.82) is 0 Å². The zero-order valence-corrected chi connectivity index (χ0v) is 13.5. The van der Waals surface area contributed by atoms with Crippen molar-refractivity contribution in [2.45, 2.75) is 32.4 Å². The Kier molecular flexibility index (Phi) is 5.06. The number of rotatable bonds is 5. The number of aromatic nitrogens is 3. The fourth-order valence-corrected chi connectivity index (χ4v) is 2.93. The van der Waals surface area contributed by atoms with Gasteiger partial charge in [0, 0.05) is 16.0 Å². The molecule has 0 aliphatic heterocycles. The van der Waals surface area contributed by atoms with E-state index in [0.717, 1.165) is 15.0 Å². The Bertz CT molecular complexity index is 584. The van der Waals surface area contributed by atoms with E-state index in [1.807, 2.05) is 18.5 Å². The number of nitrogens with one attached hydrogen (secondary N) is 1. The van der Waals surface area contributed by atoms with Crippen molar-refractivity contribution in [3.63, 3.8) is 0 Å².